The van der Waals surface area contributed by atoms with Crippen molar-refractivity contribution >= 4 is 34.2 Å². The van der Waals surface area contributed by atoms with Crippen LogP contribution in [0.4, 0.5) is 0 Å². The predicted octanol–water partition coefficient (Wildman–Crippen LogP) is 2.69. The summed E-state index contributed by atoms with van der Waals surface area (Å²) in [4.78, 5) is 14.0. The van der Waals surface area contributed by atoms with E-state index >= 15 is 0 Å². The van der Waals surface area contributed by atoms with Crippen molar-refractivity contribution in [1.82, 2.24) is 10.2 Å². The number of ether oxygens (including phenoxy) is 2. The van der Waals surface area contributed by atoms with Crippen LogP contribution in [-0.4, -0.2) is 53.7 Å². The minimum absolute atomic E-state index is 0.0168. The Hall–Kier alpha value is -1.47. The molecule has 5 nitrogen and oxygen atoms in total. The largest absolute Gasteiger partial charge is 0.494 e. The molecule has 2 rings (SSSR count). The Morgan fingerprint density at radius 1 is 1.21 bits per heavy atom. The summed E-state index contributed by atoms with van der Waals surface area (Å²) in [5.41, 5.74) is 0. The second kappa shape index (κ2) is 10.4. The average molecular weight is 369 g/mol. The van der Waals surface area contributed by atoms with Crippen LogP contribution < -0.4 is 14.8 Å². The molecule has 1 aromatic rings. The Bertz CT molecular complexity index is 531. The van der Waals surface area contributed by atoms with Crippen molar-refractivity contribution in [1.29, 1.82) is 0 Å². The summed E-state index contributed by atoms with van der Waals surface area (Å²) in [6, 6.07) is 7.45. The van der Waals surface area contributed by atoms with Crippen LogP contribution in [0.3, 0.4) is 0 Å². The number of thioether (sulfide) groups is 1. The van der Waals surface area contributed by atoms with Crippen LogP contribution in [-0.2, 0) is 4.79 Å². The topological polar surface area (TPSA) is 50.8 Å². The maximum atomic E-state index is 11.8. The van der Waals surface area contributed by atoms with Gasteiger partial charge in [-0.3, -0.25) is 4.79 Å². The van der Waals surface area contributed by atoms with Gasteiger partial charge in [0.1, 0.15) is 22.4 Å². The third-order valence-corrected chi connectivity index (χ3v) is 5.04. The number of benzene rings is 1. The zero-order valence-electron chi connectivity index (χ0n) is 14.0. The van der Waals surface area contributed by atoms with E-state index in [1.807, 2.05) is 31.2 Å². The highest BCUT2D eigenvalue weighted by atomic mass is 32.2. The van der Waals surface area contributed by atoms with E-state index < -0.39 is 0 Å². The number of carbonyl (C=O) groups excluding carboxylic acids is 1. The van der Waals surface area contributed by atoms with E-state index in [1.165, 1.54) is 24.6 Å². The molecule has 0 unspecified atom stereocenters. The van der Waals surface area contributed by atoms with E-state index in [2.05, 4.69) is 10.2 Å². The third-order valence-electron chi connectivity index (χ3n) is 3.52. The number of rotatable bonds is 8. The fourth-order valence-electron chi connectivity index (χ4n) is 2.33. The third kappa shape index (κ3) is 6.57. The molecule has 1 aliphatic heterocycles. The molecule has 1 N–H and O–H groups in total. The summed E-state index contributed by atoms with van der Waals surface area (Å²) in [5.74, 6) is 1.93. The second-order valence-electron chi connectivity index (χ2n) is 5.35. The summed E-state index contributed by atoms with van der Waals surface area (Å²) in [5, 5.41) is 2.84. The van der Waals surface area contributed by atoms with Gasteiger partial charge in [-0.25, -0.2) is 0 Å². The number of carbonyl (C=O) groups is 1. The van der Waals surface area contributed by atoms with Gasteiger partial charge in [-0.15, -0.1) is 0 Å². The van der Waals surface area contributed by atoms with Crippen LogP contribution in [0.1, 0.15) is 19.8 Å². The molecule has 0 aliphatic carbocycles. The number of nitrogens with zero attached hydrogens (tertiary/aromatic N) is 1. The van der Waals surface area contributed by atoms with Crippen LogP contribution in [0.25, 0.3) is 0 Å². The number of amides is 1. The minimum Gasteiger partial charge on any atom is -0.494 e. The van der Waals surface area contributed by atoms with Gasteiger partial charge in [-0.2, -0.15) is 0 Å². The first kappa shape index (κ1) is 18.9. The van der Waals surface area contributed by atoms with Gasteiger partial charge < -0.3 is 19.7 Å². The normalized spacial score (nSPS) is 13.6. The fourth-order valence-corrected chi connectivity index (χ4v) is 3.41. The fraction of sp³-hybridized carbons (Fsp3) is 0.529. The summed E-state index contributed by atoms with van der Waals surface area (Å²) in [6.07, 6.45) is 2.38. The first-order chi connectivity index (χ1) is 11.7. The van der Waals surface area contributed by atoms with E-state index in [4.69, 9.17) is 21.7 Å². The molecule has 0 aromatic heterocycles. The Kier molecular flexibility index (Phi) is 8.18. The van der Waals surface area contributed by atoms with Gasteiger partial charge >= 0.3 is 0 Å². The Morgan fingerprint density at radius 2 is 1.83 bits per heavy atom. The summed E-state index contributed by atoms with van der Waals surface area (Å²) in [6.45, 7) is 5.53. The molecule has 7 heteroatoms. The molecule has 0 saturated carbocycles. The van der Waals surface area contributed by atoms with Crippen molar-refractivity contribution in [3.8, 4) is 11.5 Å². The van der Waals surface area contributed by atoms with E-state index in [-0.39, 0.29) is 5.91 Å². The number of hydrogen-bond donors (Lipinski definition) is 1. The smallest absolute Gasteiger partial charge is 0.230 e. The molecule has 0 bridgehead atoms. The van der Waals surface area contributed by atoms with Crippen molar-refractivity contribution in [2.75, 3.05) is 38.6 Å². The molecule has 24 heavy (non-hydrogen) atoms. The van der Waals surface area contributed by atoms with Crippen LogP contribution in [0.2, 0.25) is 0 Å². The molecular weight excluding hydrogens is 344 g/mol. The molecule has 1 heterocycles. The lowest BCUT2D eigenvalue weighted by atomic mass is 10.3. The minimum atomic E-state index is -0.0168. The zero-order valence-corrected chi connectivity index (χ0v) is 15.6. The van der Waals surface area contributed by atoms with Gasteiger partial charge in [0, 0.05) is 13.1 Å². The maximum absolute atomic E-state index is 11.8. The number of thiocarbonyl (C=S) groups is 1. The Morgan fingerprint density at radius 3 is 2.46 bits per heavy atom. The van der Waals surface area contributed by atoms with E-state index in [1.54, 1.807) is 0 Å². The maximum Gasteiger partial charge on any atom is 0.230 e. The molecule has 1 saturated heterocycles. The second-order valence-corrected chi connectivity index (χ2v) is 6.96. The van der Waals surface area contributed by atoms with Gasteiger partial charge in [-0.05, 0) is 44.0 Å². The summed E-state index contributed by atoms with van der Waals surface area (Å²) < 4.78 is 11.8. The van der Waals surface area contributed by atoms with Gasteiger partial charge in [0.2, 0.25) is 5.91 Å². The van der Waals surface area contributed by atoms with E-state index in [0.29, 0.717) is 25.5 Å². The molecule has 0 spiro atoms. The van der Waals surface area contributed by atoms with Crippen molar-refractivity contribution in [3.63, 3.8) is 0 Å². The van der Waals surface area contributed by atoms with Crippen molar-refractivity contribution in [2.24, 2.45) is 0 Å². The highest BCUT2D eigenvalue weighted by Gasteiger charge is 2.15. The SMILES string of the molecule is CCOc1ccc(OCCNC(=O)CSC(=S)N2CCCC2)cc1. The molecule has 1 aromatic carbocycles. The van der Waals surface area contributed by atoms with Gasteiger partial charge in [0.15, 0.2) is 0 Å². The Labute approximate surface area is 153 Å². The molecule has 0 atom stereocenters. The summed E-state index contributed by atoms with van der Waals surface area (Å²) in [7, 11) is 0. The lowest BCUT2D eigenvalue weighted by molar-refractivity contribution is -0.118. The van der Waals surface area contributed by atoms with Crippen LogP contribution >= 0.6 is 24.0 Å². The highest BCUT2D eigenvalue weighted by Crippen LogP contribution is 2.17. The van der Waals surface area contributed by atoms with Crippen molar-refractivity contribution in [2.45, 2.75) is 19.8 Å². The quantitative estimate of drug-likeness (QED) is 0.562. The number of hydrogen-bond acceptors (Lipinski definition) is 5. The summed E-state index contributed by atoms with van der Waals surface area (Å²) >= 11 is 6.77. The molecule has 132 valence electrons. The lowest BCUT2D eigenvalue weighted by Crippen LogP contribution is -2.31. The average Bonchev–Trinajstić information content (AvgIpc) is 3.13. The van der Waals surface area contributed by atoms with Crippen LogP contribution in [0, 0.1) is 0 Å². The Balaban J connectivity index is 1.56. The molecule has 0 radical (unpaired) electrons. The molecule has 1 fully saturated rings. The van der Waals surface area contributed by atoms with Crippen molar-refractivity contribution in [3.05, 3.63) is 24.3 Å². The number of nitrogens with one attached hydrogen (secondary N) is 1. The standard InChI is InChI=1S/C17H24N2O3S2/c1-2-21-14-5-7-15(8-6-14)22-12-9-18-16(20)13-24-17(23)19-10-3-4-11-19/h5-8H,2-4,9-13H2,1H3,(H,18,20). The predicted molar refractivity (Wildman–Crippen MR) is 102 cm³/mol. The van der Waals surface area contributed by atoms with Gasteiger partial charge in [0.25, 0.3) is 0 Å². The van der Waals surface area contributed by atoms with Crippen LogP contribution in [0.5, 0.6) is 11.5 Å². The first-order valence-corrected chi connectivity index (χ1v) is 9.62. The lowest BCUT2D eigenvalue weighted by Gasteiger charge is -2.17. The molecular formula is C17H24N2O3S2. The number of likely N-dealkylation sites (tertiary alicyclic amines) is 1. The molecule has 1 amide bonds. The van der Waals surface area contributed by atoms with E-state index in [9.17, 15) is 4.79 Å². The van der Waals surface area contributed by atoms with Crippen molar-refractivity contribution < 1.29 is 14.3 Å². The van der Waals surface area contributed by atoms with Gasteiger partial charge in [0.05, 0.1) is 18.9 Å². The zero-order chi connectivity index (χ0) is 17.2. The monoisotopic (exact) mass is 368 g/mol. The van der Waals surface area contributed by atoms with Gasteiger partial charge in [-0.1, -0.05) is 24.0 Å². The van der Waals surface area contributed by atoms with Crippen LogP contribution in [0.15, 0.2) is 24.3 Å². The highest BCUT2D eigenvalue weighted by molar-refractivity contribution is 8.23. The first-order valence-electron chi connectivity index (χ1n) is 8.23. The molecule has 1 aliphatic rings. The van der Waals surface area contributed by atoms with E-state index in [0.717, 1.165) is 28.9 Å².